The van der Waals surface area contributed by atoms with Crippen LogP contribution in [0.1, 0.15) is 11.1 Å². The van der Waals surface area contributed by atoms with Gasteiger partial charge in [0.2, 0.25) is 5.91 Å². The van der Waals surface area contributed by atoms with Gasteiger partial charge in [-0.3, -0.25) is 24.6 Å². The summed E-state index contributed by atoms with van der Waals surface area (Å²) in [6, 6.07) is 22.2. The molecule has 0 saturated carbocycles. The molecular formula is C23H17N3O4. The molecule has 0 bridgehead atoms. The molecule has 0 aliphatic carbocycles. The van der Waals surface area contributed by atoms with Crippen LogP contribution in [-0.2, 0) is 9.59 Å². The van der Waals surface area contributed by atoms with Crippen LogP contribution in [0.5, 0.6) is 0 Å². The molecule has 0 radical (unpaired) electrons. The third-order valence-electron chi connectivity index (χ3n) is 4.72. The van der Waals surface area contributed by atoms with Gasteiger partial charge >= 0.3 is 0 Å². The van der Waals surface area contributed by atoms with Gasteiger partial charge in [-0.2, -0.15) is 0 Å². The number of carbonyl (C=O) groups is 2. The predicted molar refractivity (Wildman–Crippen MR) is 115 cm³/mol. The number of nitro groups is 1. The highest BCUT2D eigenvalue weighted by Gasteiger charge is 2.29. The molecule has 148 valence electrons. The third kappa shape index (κ3) is 3.81. The Morgan fingerprint density at radius 3 is 2.50 bits per heavy atom. The van der Waals surface area contributed by atoms with Gasteiger partial charge in [-0.1, -0.05) is 54.6 Å². The Hall–Kier alpha value is -4.26. The van der Waals surface area contributed by atoms with E-state index in [2.05, 4.69) is 5.32 Å². The Morgan fingerprint density at radius 1 is 1.00 bits per heavy atom. The van der Waals surface area contributed by atoms with Crippen LogP contribution in [0.15, 0.2) is 78.9 Å². The molecule has 30 heavy (non-hydrogen) atoms. The molecule has 3 aromatic carbocycles. The number of nitrogens with zero attached hydrogens (tertiary/aromatic N) is 2. The van der Waals surface area contributed by atoms with Gasteiger partial charge < -0.3 is 5.32 Å². The summed E-state index contributed by atoms with van der Waals surface area (Å²) in [5.74, 6) is -0.653. The molecule has 1 heterocycles. The topological polar surface area (TPSA) is 92.5 Å². The first-order chi connectivity index (χ1) is 14.5. The first-order valence-electron chi connectivity index (χ1n) is 9.25. The number of non-ortho nitro benzene ring substituents is 1. The number of hydrogen-bond acceptors (Lipinski definition) is 4. The molecule has 0 atom stereocenters. The zero-order valence-electron chi connectivity index (χ0n) is 15.8. The fraction of sp³-hybridized carbons (Fsp3) is 0.0435. The van der Waals surface area contributed by atoms with Crippen molar-refractivity contribution in [1.29, 1.82) is 0 Å². The minimum Gasteiger partial charge on any atom is -0.323 e. The summed E-state index contributed by atoms with van der Waals surface area (Å²) in [5, 5.41) is 13.9. The third-order valence-corrected chi connectivity index (χ3v) is 4.72. The van der Waals surface area contributed by atoms with Crippen LogP contribution in [0.4, 0.5) is 17.1 Å². The summed E-state index contributed by atoms with van der Waals surface area (Å²) in [6.07, 6.45) is 1.61. The van der Waals surface area contributed by atoms with E-state index in [1.807, 2.05) is 6.07 Å². The van der Waals surface area contributed by atoms with Crippen LogP contribution in [0.3, 0.4) is 0 Å². The van der Waals surface area contributed by atoms with Gasteiger partial charge in [0.1, 0.15) is 6.54 Å². The number of amides is 2. The molecule has 1 N–H and O–H groups in total. The SMILES string of the molecule is O=C1CN(C(=O)/C(=C/c2cccc([N+](=O)[O-])c2)c2ccccc2)c2ccccc2N1. The zero-order chi connectivity index (χ0) is 21.1. The van der Waals surface area contributed by atoms with Gasteiger partial charge in [0.05, 0.1) is 16.3 Å². The Kier molecular flexibility index (Phi) is 5.09. The van der Waals surface area contributed by atoms with E-state index in [9.17, 15) is 19.7 Å². The Balaban J connectivity index is 1.82. The molecule has 2 amide bonds. The van der Waals surface area contributed by atoms with E-state index in [0.717, 1.165) is 0 Å². The lowest BCUT2D eigenvalue weighted by Gasteiger charge is -2.30. The number of para-hydroxylation sites is 2. The lowest BCUT2D eigenvalue weighted by molar-refractivity contribution is -0.384. The highest BCUT2D eigenvalue weighted by atomic mass is 16.6. The van der Waals surface area contributed by atoms with E-state index in [-0.39, 0.29) is 24.0 Å². The standard InChI is InChI=1S/C23H17N3O4/c27-22-15-25(21-12-5-4-11-20(21)24-22)23(28)19(17-8-2-1-3-9-17)14-16-7-6-10-18(13-16)26(29)30/h1-14H,15H2,(H,24,27)/b19-14+. The van der Waals surface area contributed by atoms with Crippen molar-refractivity contribution in [3.05, 3.63) is 100 Å². The first-order valence-corrected chi connectivity index (χ1v) is 9.25. The van der Waals surface area contributed by atoms with Crippen molar-refractivity contribution >= 4 is 40.5 Å². The van der Waals surface area contributed by atoms with Crippen molar-refractivity contribution < 1.29 is 14.5 Å². The number of carbonyl (C=O) groups excluding carboxylic acids is 2. The molecular weight excluding hydrogens is 382 g/mol. The average molecular weight is 399 g/mol. The summed E-state index contributed by atoms with van der Waals surface area (Å²) in [5.41, 5.74) is 2.60. The highest BCUT2D eigenvalue weighted by Crippen LogP contribution is 2.32. The maximum absolute atomic E-state index is 13.6. The van der Waals surface area contributed by atoms with E-state index < -0.39 is 4.92 Å². The monoisotopic (exact) mass is 399 g/mol. The van der Waals surface area contributed by atoms with E-state index >= 15 is 0 Å². The van der Waals surface area contributed by atoms with Crippen LogP contribution < -0.4 is 10.2 Å². The molecule has 7 nitrogen and oxygen atoms in total. The second-order valence-corrected chi connectivity index (χ2v) is 6.73. The van der Waals surface area contributed by atoms with Crippen molar-refractivity contribution in [1.82, 2.24) is 0 Å². The smallest absolute Gasteiger partial charge is 0.270 e. The number of fused-ring (bicyclic) bond motifs is 1. The molecule has 0 spiro atoms. The molecule has 0 saturated heterocycles. The van der Waals surface area contributed by atoms with Crippen molar-refractivity contribution in [2.24, 2.45) is 0 Å². The molecule has 0 unspecified atom stereocenters. The van der Waals surface area contributed by atoms with Crippen LogP contribution in [0, 0.1) is 10.1 Å². The number of hydrogen-bond donors (Lipinski definition) is 1. The van der Waals surface area contributed by atoms with E-state index in [1.54, 1.807) is 66.7 Å². The van der Waals surface area contributed by atoms with Crippen LogP contribution >= 0.6 is 0 Å². The summed E-state index contributed by atoms with van der Waals surface area (Å²) < 4.78 is 0. The number of anilines is 2. The average Bonchev–Trinajstić information content (AvgIpc) is 2.77. The Morgan fingerprint density at radius 2 is 1.73 bits per heavy atom. The summed E-state index contributed by atoms with van der Waals surface area (Å²) in [6.45, 7) is -0.116. The summed E-state index contributed by atoms with van der Waals surface area (Å²) in [7, 11) is 0. The predicted octanol–water partition coefficient (Wildman–Crippen LogP) is 4.12. The maximum atomic E-state index is 13.6. The van der Waals surface area contributed by atoms with Gasteiger partial charge in [0.25, 0.3) is 11.6 Å². The fourth-order valence-electron chi connectivity index (χ4n) is 3.34. The van der Waals surface area contributed by atoms with Crippen molar-refractivity contribution in [2.45, 2.75) is 0 Å². The summed E-state index contributed by atoms with van der Waals surface area (Å²) >= 11 is 0. The van der Waals surface area contributed by atoms with E-state index in [1.165, 1.54) is 17.0 Å². The molecule has 3 aromatic rings. The second kappa shape index (κ2) is 8.00. The van der Waals surface area contributed by atoms with Crippen LogP contribution in [0.2, 0.25) is 0 Å². The zero-order valence-corrected chi connectivity index (χ0v) is 15.8. The number of rotatable bonds is 4. The van der Waals surface area contributed by atoms with Crippen LogP contribution in [0.25, 0.3) is 11.6 Å². The van der Waals surface area contributed by atoms with Crippen molar-refractivity contribution in [3.63, 3.8) is 0 Å². The summed E-state index contributed by atoms with van der Waals surface area (Å²) in [4.78, 5) is 37.8. The van der Waals surface area contributed by atoms with Crippen molar-refractivity contribution in [2.75, 3.05) is 16.8 Å². The lowest BCUT2D eigenvalue weighted by atomic mass is 10.00. The number of benzene rings is 3. The molecule has 4 rings (SSSR count). The van der Waals surface area contributed by atoms with Crippen LogP contribution in [-0.4, -0.2) is 23.3 Å². The minimum atomic E-state index is -0.480. The van der Waals surface area contributed by atoms with Gasteiger partial charge in [-0.15, -0.1) is 0 Å². The Bertz CT molecular complexity index is 1170. The van der Waals surface area contributed by atoms with E-state index in [0.29, 0.717) is 28.1 Å². The molecule has 0 aromatic heterocycles. The van der Waals surface area contributed by atoms with Gasteiger partial charge in [-0.25, -0.2) is 0 Å². The quantitative estimate of drug-likeness (QED) is 0.309. The first kappa shape index (κ1) is 19.1. The Labute approximate surface area is 172 Å². The minimum absolute atomic E-state index is 0.0636. The highest BCUT2D eigenvalue weighted by molar-refractivity contribution is 6.32. The number of nitro benzene ring substituents is 1. The number of nitrogens with one attached hydrogen (secondary N) is 1. The molecule has 1 aliphatic rings. The maximum Gasteiger partial charge on any atom is 0.270 e. The normalized spacial score (nSPS) is 13.4. The molecule has 0 fully saturated rings. The fourth-order valence-corrected chi connectivity index (χ4v) is 3.34. The molecule has 1 aliphatic heterocycles. The lowest BCUT2D eigenvalue weighted by Crippen LogP contribution is -2.42. The van der Waals surface area contributed by atoms with Gasteiger partial charge in [0.15, 0.2) is 0 Å². The second-order valence-electron chi connectivity index (χ2n) is 6.73. The van der Waals surface area contributed by atoms with E-state index in [4.69, 9.17) is 0 Å². The van der Waals surface area contributed by atoms with Gasteiger partial charge in [0, 0.05) is 17.7 Å². The largest absolute Gasteiger partial charge is 0.323 e. The van der Waals surface area contributed by atoms with Gasteiger partial charge in [-0.05, 0) is 29.3 Å². The molecule has 7 heteroatoms. The van der Waals surface area contributed by atoms with Crippen molar-refractivity contribution in [3.8, 4) is 0 Å².